The van der Waals surface area contributed by atoms with Crippen molar-refractivity contribution in [1.29, 1.82) is 0 Å². The van der Waals surface area contributed by atoms with Crippen molar-refractivity contribution in [3.05, 3.63) is 82.5 Å². The first kappa shape index (κ1) is 15.3. The summed E-state index contributed by atoms with van der Waals surface area (Å²) >= 11 is 3.62. The van der Waals surface area contributed by atoms with Crippen LogP contribution in [0.15, 0.2) is 75.6 Å². The van der Waals surface area contributed by atoms with Gasteiger partial charge < -0.3 is 8.98 Å². The molecule has 0 spiro atoms. The average molecular weight is 414 g/mol. The molecule has 27 heavy (non-hydrogen) atoms. The van der Waals surface area contributed by atoms with E-state index in [0.717, 1.165) is 28.7 Å². The highest BCUT2D eigenvalue weighted by atomic mass is 79.9. The summed E-state index contributed by atoms with van der Waals surface area (Å²) in [6.45, 7) is 0. The molecule has 0 amide bonds. The average Bonchev–Trinajstić information content (AvgIpc) is 3.23. The topological polar surface area (TPSA) is 18.1 Å². The Balaban J connectivity index is 1.71. The lowest BCUT2D eigenvalue weighted by Gasteiger charge is -2.08. The van der Waals surface area contributed by atoms with Crippen molar-refractivity contribution in [1.82, 2.24) is 4.57 Å². The number of fused-ring (bicyclic) bond motifs is 6. The lowest BCUT2D eigenvalue weighted by molar-refractivity contribution is 0.546. The smallest absolute Gasteiger partial charge is 0.135 e. The minimum absolute atomic E-state index is 0.971. The molecule has 0 radical (unpaired) electrons. The standard InChI is InChI=1S/C24H16BrNO/c25-15-9-11-22-19(13-15)17-5-1-3-7-21(17)26(22)16-10-12-24-20(14-16)18-6-2-4-8-23(18)27-24/h1-3,5-7,9-14H,4,8H2. The molecule has 0 fully saturated rings. The number of allylic oxidation sites excluding steroid dienone is 1. The molecule has 2 aromatic heterocycles. The molecule has 6 rings (SSSR count). The Morgan fingerprint density at radius 3 is 2.70 bits per heavy atom. The van der Waals surface area contributed by atoms with Gasteiger partial charge in [0.15, 0.2) is 0 Å². The Labute approximate surface area is 164 Å². The third-order valence-corrected chi connectivity index (χ3v) is 6.00. The molecule has 0 aliphatic heterocycles. The number of rotatable bonds is 1. The molecule has 1 aliphatic carbocycles. The van der Waals surface area contributed by atoms with E-state index >= 15 is 0 Å². The molecule has 130 valence electrons. The third kappa shape index (κ3) is 2.18. The Hall–Kier alpha value is -2.78. The van der Waals surface area contributed by atoms with Gasteiger partial charge in [0.2, 0.25) is 0 Å². The summed E-state index contributed by atoms with van der Waals surface area (Å²) in [5, 5.41) is 3.72. The first-order chi connectivity index (χ1) is 13.3. The van der Waals surface area contributed by atoms with Crippen LogP contribution < -0.4 is 0 Å². The second-order valence-corrected chi connectivity index (χ2v) is 7.99. The number of benzene rings is 3. The normalized spacial score (nSPS) is 13.7. The van der Waals surface area contributed by atoms with Crippen molar-refractivity contribution in [2.24, 2.45) is 0 Å². The maximum Gasteiger partial charge on any atom is 0.135 e. The quantitative estimate of drug-likeness (QED) is 0.283. The SMILES string of the molecule is Brc1ccc2c(c1)c1ccccc1n2-c1ccc2oc3c(c2c1)C=CCC3. The van der Waals surface area contributed by atoms with Gasteiger partial charge in [-0.05, 0) is 48.9 Å². The molecule has 0 saturated carbocycles. The van der Waals surface area contributed by atoms with Crippen molar-refractivity contribution in [3.8, 4) is 5.69 Å². The van der Waals surface area contributed by atoms with E-state index in [-0.39, 0.29) is 0 Å². The van der Waals surface area contributed by atoms with Crippen molar-refractivity contribution in [2.75, 3.05) is 0 Å². The molecule has 3 heteroatoms. The van der Waals surface area contributed by atoms with Crippen LogP contribution in [0.2, 0.25) is 0 Å². The van der Waals surface area contributed by atoms with Crippen LogP contribution in [-0.4, -0.2) is 4.57 Å². The van der Waals surface area contributed by atoms with Gasteiger partial charge >= 0.3 is 0 Å². The maximum atomic E-state index is 6.09. The molecule has 3 aromatic carbocycles. The summed E-state index contributed by atoms with van der Waals surface area (Å²) in [6.07, 6.45) is 6.49. The first-order valence-corrected chi connectivity index (χ1v) is 10.00. The molecule has 2 nitrogen and oxygen atoms in total. The minimum Gasteiger partial charge on any atom is -0.460 e. The number of halogens is 1. The molecule has 5 aromatic rings. The highest BCUT2D eigenvalue weighted by Crippen LogP contribution is 2.36. The predicted octanol–water partition coefficient (Wildman–Crippen LogP) is 7.25. The zero-order valence-corrected chi connectivity index (χ0v) is 16.2. The summed E-state index contributed by atoms with van der Waals surface area (Å²) in [6, 6.07) is 21.6. The van der Waals surface area contributed by atoms with Crippen LogP contribution in [0, 0.1) is 0 Å². The molecular formula is C24H16BrNO. The van der Waals surface area contributed by atoms with Crippen molar-refractivity contribution < 1.29 is 4.42 Å². The van der Waals surface area contributed by atoms with Gasteiger partial charge in [-0.2, -0.15) is 0 Å². The summed E-state index contributed by atoms with van der Waals surface area (Å²) in [4.78, 5) is 0. The van der Waals surface area contributed by atoms with Crippen LogP contribution in [0.4, 0.5) is 0 Å². The van der Waals surface area contributed by atoms with E-state index in [9.17, 15) is 0 Å². The highest BCUT2D eigenvalue weighted by molar-refractivity contribution is 9.10. The van der Waals surface area contributed by atoms with Gasteiger partial charge in [-0.15, -0.1) is 0 Å². The zero-order valence-electron chi connectivity index (χ0n) is 14.6. The summed E-state index contributed by atoms with van der Waals surface area (Å²) in [7, 11) is 0. The predicted molar refractivity (Wildman–Crippen MR) is 116 cm³/mol. The van der Waals surface area contributed by atoms with Gasteiger partial charge in [-0.25, -0.2) is 0 Å². The fourth-order valence-corrected chi connectivity index (χ4v) is 4.66. The maximum absolute atomic E-state index is 6.09. The van der Waals surface area contributed by atoms with Gasteiger partial charge in [0.1, 0.15) is 11.3 Å². The van der Waals surface area contributed by atoms with Crippen molar-refractivity contribution in [2.45, 2.75) is 12.8 Å². The number of aryl methyl sites for hydroxylation is 1. The van der Waals surface area contributed by atoms with Crippen LogP contribution in [0.3, 0.4) is 0 Å². The van der Waals surface area contributed by atoms with E-state index in [1.807, 2.05) is 0 Å². The van der Waals surface area contributed by atoms with E-state index in [1.165, 1.54) is 38.4 Å². The van der Waals surface area contributed by atoms with Gasteiger partial charge in [-0.3, -0.25) is 0 Å². The second kappa shape index (κ2) is 5.61. The highest BCUT2D eigenvalue weighted by Gasteiger charge is 2.17. The number of furan rings is 1. The molecule has 0 atom stereocenters. The monoisotopic (exact) mass is 413 g/mol. The molecule has 0 bridgehead atoms. The van der Waals surface area contributed by atoms with Crippen LogP contribution >= 0.6 is 15.9 Å². The third-order valence-electron chi connectivity index (χ3n) is 5.50. The lowest BCUT2D eigenvalue weighted by Crippen LogP contribution is -1.93. The molecule has 2 heterocycles. The van der Waals surface area contributed by atoms with Crippen LogP contribution in [0.1, 0.15) is 17.7 Å². The lowest BCUT2D eigenvalue weighted by atomic mass is 10.0. The first-order valence-electron chi connectivity index (χ1n) is 9.21. The van der Waals surface area contributed by atoms with E-state index in [2.05, 4.69) is 93.3 Å². The number of nitrogens with zero attached hydrogens (tertiary/aromatic N) is 1. The summed E-state index contributed by atoms with van der Waals surface area (Å²) in [5.74, 6) is 1.11. The minimum atomic E-state index is 0.971. The zero-order chi connectivity index (χ0) is 18.0. The van der Waals surface area contributed by atoms with Gasteiger partial charge in [-0.1, -0.05) is 46.3 Å². The second-order valence-electron chi connectivity index (χ2n) is 7.07. The van der Waals surface area contributed by atoms with E-state index in [1.54, 1.807) is 0 Å². The molecule has 1 aliphatic rings. The molecule has 0 saturated heterocycles. The number of aromatic nitrogens is 1. The fraction of sp³-hybridized carbons (Fsp3) is 0.0833. The van der Waals surface area contributed by atoms with Gasteiger partial charge in [0, 0.05) is 38.3 Å². The van der Waals surface area contributed by atoms with E-state index in [0.29, 0.717) is 0 Å². The molecule has 0 N–H and O–H groups in total. The van der Waals surface area contributed by atoms with Crippen LogP contribution in [0.5, 0.6) is 0 Å². The summed E-state index contributed by atoms with van der Waals surface area (Å²) < 4.78 is 9.54. The van der Waals surface area contributed by atoms with E-state index < -0.39 is 0 Å². The Morgan fingerprint density at radius 2 is 1.74 bits per heavy atom. The van der Waals surface area contributed by atoms with Gasteiger partial charge in [0.05, 0.1) is 11.0 Å². The van der Waals surface area contributed by atoms with E-state index in [4.69, 9.17) is 4.42 Å². The molecular weight excluding hydrogens is 398 g/mol. The van der Waals surface area contributed by atoms with Crippen LogP contribution in [0.25, 0.3) is 44.5 Å². The molecule has 0 unspecified atom stereocenters. The van der Waals surface area contributed by atoms with Crippen molar-refractivity contribution in [3.63, 3.8) is 0 Å². The Bertz CT molecular complexity index is 1390. The number of para-hydroxylation sites is 1. The van der Waals surface area contributed by atoms with Gasteiger partial charge in [0.25, 0.3) is 0 Å². The largest absolute Gasteiger partial charge is 0.460 e. The van der Waals surface area contributed by atoms with Crippen molar-refractivity contribution >= 4 is 54.8 Å². The Kier molecular flexibility index (Phi) is 3.18. The number of hydrogen-bond acceptors (Lipinski definition) is 1. The summed E-state index contributed by atoms with van der Waals surface area (Å²) in [5.41, 5.74) is 5.81. The Morgan fingerprint density at radius 1 is 0.852 bits per heavy atom. The fourth-order valence-electron chi connectivity index (χ4n) is 4.30. The number of hydrogen-bond donors (Lipinski definition) is 0. The van der Waals surface area contributed by atoms with Crippen LogP contribution in [-0.2, 0) is 6.42 Å².